The summed E-state index contributed by atoms with van der Waals surface area (Å²) in [4.78, 5) is 16.1. The van der Waals surface area contributed by atoms with Crippen LogP contribution in [-0.2, 0) is 4.79 Å². The fraction of sp³-hybridized carbons (Fsp3) is 0.333. The molecule has 1 N–H and O–H groups in total. The van der Waals surface area contributed by atoms with E-state index in [0.717, 1.165) is 5.56 Å². The summed E-state index contributed by atoms with van der Waals surface area (Å²) in [6.07, 6.45) is 1.65. The third kappa shape index (κ3) is 4.07. The third-order valence-electron chi connectivity index (χ3n) is 3.50. The van der Waals surface area contributed by atoms with Crippen molar-refractivity contribution in [1.29, 1.82) is 0 Å². The standard InChI is InChI=1S/C18H22N2O2/c1-12(2)16-8-7-15(10-14(16)4)22-11-17(21)20-18-13(3)6-5-9-19-18/h5-10,12H,11H2,1-4H3,(H,19,20,21). The molecule has 0 aliphatic rings. The second-order valence-corrected chi connectivity index (χ2v) is 5.68. The smallest absolute Gasteiger partial charge is 0.263 e. The Hall–Kier alpha value is -2.36. The molecule has 22 heavy (non-hydrogen) atoms. The fourth-order valence-corrected chi connectivity index (χ4v) is 2.32. The average Bonchev–Trinajstić information content (AvgIpc) is 2.47. The Labute approximate surface area is 131 Å². The summed E-state index contributed by atoms with van der Waals surface area (Å²) in [5, 5.41) is 2.75. The Morgan fingerprint density at radius 3 is 2.64 bits per heavy atom. The molecule has 1 heterocycles. The van der Waals surface area contributed by atoms with Crippen LogP contribution >= 0.6 is 0 Å². The van der Waals surface area contributed by atoms with Gasteiger partial charge in [0.25, 0.3) is 5.91 Å². The van der Waals surface area contributed by atoms with Gasteiger partial charge in [0.05, 0.1) is 0 Å². The van der Waals surface area contributed by atoms with Crippen LogP contribution in [-0.4, -0.2) is 17.5 Å². The molecule has 0 bridgehead atoms. The van der Waals surface area contributed by atoms with Crippen molar-refractivity contribution in [1.82, 2.24) is 4.98 Å². The number of rotatable bonds is 5. The van der Waals surface area contributed by atoms with E-state index in [2.05, 4.69) is 37.1 Å². The zero-order valence-corrected chi connectivity index (χ0v) is 13.5. The SMILES string of the molecule is Cc1cc(OCC(=O)Nc2ncccc2C)ccc1C(C)C. The third-order valence-corrected chi connectivity index (χ3v) is 3.50. The first kappa shape index (κ1) is 16.0. The summed E-state index contributed by atoms with van der Waals surface area (Å²) in [7, 11) is 0. The Morgan fingerprint density at radius 2 is 2.00 bits per heavy atom. The summed E-state index contributed by atoms with van der Waals surface area (Å²) in [6, 6.07) is 9.66. The van der Waals surface area contributed by atoms with E-state index in [9.17, 15) is 4.79 Å². The molecule has 0 radical (unpaired) electrons. The lowest BCUT2D eigenvalue weighted by molar-refractivity contribution is -0.118. The van der Waals surface area contributed by atoms with Gasteiger partial charge in [0.15, 0.2) is 6.61 Å². The zero-order chi connectivity index (χ0) is 16.1. The van der Waals surface area contributed by atoms with Crippen LogP contribution in [0.3, 0.4) is 0 Å². The van der Waals surface area contributed by atoms with Crippen LogP contribution in [0.5, 0.6) is 5.75 Å². The number of amides is 1. The van der Waals surface area contributed by atoms with Crippen molar-refractivity contribution in [2.75, 3.05) is 11.9 Å². The fourth-order valence-electron chi connectivity index (χ4n) is 2.32. The minimum absolute atomic E-state index is 0.0313. The topological polar surface area (TPSA) is 51.2 Å². The average molecular weight is 298 g/mol. The highest BCUT2D eigenvalue weighted by Gasteiger charge is 2.08. The lowest BCUT2D eigenvalue weighted by Crippen LogP contribution is -2.21. The molecule has 2 aromatic rings. The first-order chi connectivity index (χ1) is 10.5. The van der Waals surface area contributed by atoms with Gasteiger partial charge in [-0.05, 0) is 54.7 Å². The van der Waals surface area contributed by atoms with Crippen LogP contribution in [0.1, 0.15) is 36.5 Å². The van der Waals surface area contributed by atoms with Crippen LogP contribution < -0.4 is 10.1 Å². The van der Waals surface area contributed by atoms with E-state index >= 15 is 0 Å². The minimum Gasteiger partial charge on any atom is -0.484 e. The molecular weight excluding hydrogens is 276 g/mol. The van der Waals surface area contributed by atoms with Gasteiger partial charge in [0.1, 0.15) is 11.6 Å². The van der Waals surface area contributed by atoms with E-state index in [1.165, 1.54) is 11.1 Å². The lowest BCUT2D eigenvalue weighted by atomic mass is 9.98. The normalized spacial score (nSPS) is 10.6. The zero-order valence-electron chi connectivity index (χ0n) is 13.5. The summed E-state index contributed by atoms with van der Waals surface area (Å²) in [5.74, 6) is 1.54. The lowest BCUT2D eigenvalue weighted by Gasteiger charge is -2.12. The van der Waals surface area contributed by atoms with E-state index in [0.29, 0.717) is 17.5 Å². The molecule has 0 atom stereocenters. The Balaban J connectivity index is 1.94. The Bertz CT molecular complexity index is 666. The van der Waals surface area contributed by atoms with E-state index in [1.54, 1.807) is 6.20 Å². The number of nitrogens with zero attached hydrogens (tertiary/aromatic N) is 1. The number of aryl methyl sites for hydroxylation is 2. The van der Waals surface area contributed by atoms with Gasteiger partial charge in [0.2, 0.25) is 0 Å². The van der Waals surface area contributed by atoms with Crippen molar-refractivity contribution < 1.29 is 9.53 Å². The summed E-state index contributed by atoms with van der Waals surface area (Å²) >= 11 is 0. The molecule has 0 fully saturated rings. The highest BCUT2D eigenvalue weighted by molar-refractivity contribution is 5.91. The van der Waals surface area contributed by atoms with Gasteiger partial charge >= 0.3 is 0 Å². The van der Waals surface area contributed by atoms with E-state index in [4.69, 9.17) is 4.74 Å². The Kier molecular flexibility index (Phi) is 5.15. The van der Waals surface area contributed by atoms with Crippen LogP contribution in [0.15, 0.2) is 36.5 Å². The molecule has 1 amide bonds. The number of hydrogen-bond donors (Lipinski definition) is 1. The van der Waals surface area contributed by atoms with E-state index in [-0.39, 0.29) is 12.5 Å². The van der Waals surface area contributed by atoms with E-state index < -0.39 is 0 Å². The van der Waals surface area contributed by atoms with Crippen LogP contribution in [0.25, 0.3) is 0 Å². The molecule has 0 unspecified atom stereocenters. The van der Waals surface area contributed by atoms with Crippen molar-refractivity contribution in [2.45, 2.75) is 33.6 Å². The minimum atomic E-state index is -0.215. The molecule has 0 saturated heterocycles. The molecule has 4 nitrogen and oxygen atoms in total. The molecule has 0 spiro atoms. The number of hydrogen-bond acceptors (Lipinski definition) is 3. The second-order valence-electron chi connectivity index (χ2n) is 5.68. The predicted molar refractivity (Wildman–Crippen MR) is 88.4 cm³/mol. The van der Waals surface area contributed by atoms with Crippen LogP contribution in [0.2, 0.25) is 0 Å². The maximum absolute atomic E-state index is 11.9. The van der Waals surface area contributed by atoms with Gasteiger partial charge in [-0.2, -0.15) is 0 Å². The monoisotopic (exact) mass is 298 g/mol. The maximum atomic E-state index is 11.9. The number of anilines is 1. The number of aromatic nitrogens is 1. The van der Waals surface area contributed by atoms with Gasteiger partial charge in [-0.3, -0.25) is 4.79 Å². The van der Waals surface area contributed by atoms with Crippen molar-refractivity contribution >= 4 is 11.7 Å². The highest BCUT2D eigenvalue weighted by Crippen LogP contribution is 2.23. The van der Waals surface area contributed by atoms with Crippen LogP contribution in [0, 0.1) is 13.8 Å². The first-order valence-corrected chi connectivity index (χ1v) is 7.42. The van der Waals surface area contributed by atoms with Crippen molar-refractivity contribution in [3.05, 3.63) is 53.2 Å². The maximum Gasteiger partial charge on any atom is 0.263 e. The quantitative estimate of drug-likeness (QED) is 0.912. The van der Waals surface area contributed by atoms with Crippen molar-refractivity contribution in [3.63, 3.8) is 0 Å². The van der Waals surface area contributed by atoms with E-state index in [1.807, 2.05) is 31.2 Å². The number of ether oxygens (including phenoxy) is 1. The molecule has 1 aromatic carbocycles. The number of pyridine rings is 1. The molecule has 116 valence electrons. The molecular formula is C18H22N2O2. The van der Waals surface area contributed by atoms with Gasteiger partial charge in [-0.15, -0.1) is 0 Å². The summed E-state index contributed by atoms with van der Waals surface area (Å²) in [6.45, 7) is 8.24. The number of carbonyl (C=O) groups is 1. The first-order valence-electron chi connectivity index (χ1n) is 7.42. The van der Waals surface area contributed by atoms with Crippen molar-refractivity contribution in [3.8, 4) is 5.75 Å². The molecule has 2 rings (SSSR count). The van der Waals surface area contributed by atoms with Gasteiger partial charge < -0.3 is 10.1 Å². The number of benzene rings is 1. The second kappa shape index (κ2) is 7.07. The molecule has 0 aliphatic heterocycles. The number of nitrogens with one attached hydrogen (secondary N) is 1. The Morgan fingerprint density at radius 1 is 1.23 bits per heavy atom. The van der Waals surface area contributed by atoms with Gasteiger partial charge in [-0.1, -0.05) is 26.0 Å². The van der Waals surface area contributed by atoms with Gasteiger partial charge in [-0.25, -0.2) is 4.98 Å². The molecule has 4 heteroatoms. The summed E-state index contributed by atoms with van der Waals surface area (Å²) < 4.78 is 5.56. The molecule has 0 saturated carbocycles. The van der Waals surface area contributed by atoms with Gasteiger partial charge in [0, 0.05) is 6.20 Å². The number of carbonyl (C=O) groups excluding carboxylic acids is 1. The van der Waals surface area contributed by atoms with Crippen molar-refractivity contribution in [2.24, 2.45) is 0 Å². The molecule has 0 aliphatic carbocycles. The van der Waals surface area contributed by atoms with Crippen LogP contribution in [0.4, 0.5) is 5.82 Å². The largest absolute Gasteiger partial charge is 0.484 e. The highest BCUT2D eigenvalue weighted by atomic mass is 16.5. The predicted octanol–water partition coefficient (Wildman–Crippen LogP) is 3.84. The summed E-state index contributed by atoms with van der Waals surface area (Å²) in [5.41, 5.74) is 3.39. The molecule has 1 aromatic heterocycles.